The molecule has 1 N–H and O–H groups in total. The summed E-state index contributed by atoms with van der Waals surface area (Å²) in [7, 11) is 0. The van der Waals surface area contributed by atoms with Gasteiger partial charge in [0.1, 0.15) is 5.84 Å². The van der Waals surface area contributed by atoms with E-state index < -0.39 is 4.92 Å². The number of hydrogen-bond acceptors (Lipinski definition) is 4. The molecule has 3 rings (SSSR count). The van der Waals surface area contributed by atoms with Gasteiger partial charge in [-0.15, -0.1) is 0 Å². The molecule has 2 aromatic carbocycles. The molecular formula is C15H11N3O3. The fraction of sp³-hybridized carbons (Fsp3) is 0.0667. The molecule has 0 aromatic heterocycles. The van der Waals surface area contributed by atoms with Gasteiger partial charge in [-0.05, 0) is 30.7 Å². The third-order valence-corrected chi connectivity index (χ3v) is 3.19. The summed E-state index contributed by atoms with van der Waals surface area (Å²) in [6, 6.07) is 11.7. The molecule has 0 unspecified atom stereocenters. The average molecular weight is 281 g/mol. The van der Waals surface area contributed by atoms with E-state index in [-0.39, 0.29) is 17.2 Å². The molecule has 0 fully saturated rings. The molecule has 1 heterocycles. The van der Waals surface area contributed by atoms with Gasteiger partial charge in [0, 0.05) is 17.7 Å². The number of nitrogens with zero attached hydrogens (tertiary/aromatic N) is 2. The lowest BCUT2D eigenvalue weighted by Gasteiger charge is -2.00. The number of carbonyl (C=O) groups excluding carboxylic acids is 1. The van der Waals surface area contributed by atoms with Crippen LogP contribution in [0, 0.1) is 17.0 Å². The Morgan fingerprint density at radius 1 is 1.14 bits per heavy atom. The van der Waals surface area contributed by atoms with Crippen molar-refractivity contribution in [3.05, 3.63) is 69.3 Å². The second kappa shape index (κ2) is 4.82. The fourth-order valence-corrected chi connectivity index (χ4v) is 2.20. The summed E-state index contributed by atoms with van der Waals surface area (Å²) < 4.78 is 0. The summed E-state index contributed by atoms with van der Waals surface area (Å²) in [6.45, 7) is 1.95. The van der Waals surface area contributed by atoms with Crippen molar-refractivity contribution in [1.82, 2.24) is 5.32 Å². The summed E-state index contributed by atoms with van der Waals surface area (Å²) >= 11 is 0. The van der Waals surface area contributed by atoms with Crippen LogP contribution in [0.4, 0.5) is 11.4 Å². The highest BCUT2D eigenvalue weighted by molar-refractivity contribution is 6.24. The maximum absolute atomic E-state index is 11.9. The van der Waals surface area contributed by atoms with Crippen molar-refractivity contribution in [1.29, 1.82) is 0 Å². The SMILES string of the molecule is Cc1cccc(N=C2NC(=O)c3cc([N+](=O)[O-])ccc32)c1. The van der Waals surface area contributed by atoms with Crippen molar-refractivity contribution in [2.75, 3.05) is 0 Å². The first kappa shape index (κ1) is 13.0. The largest absolute Gasteiger partial charge is 0.306 e. The molecule has 0 atom stereocenters. The van der Waals surface area contributed by atoms with E-state index in [2.05, 4.69) is 10.3 Å². The van der Waals surface area contributed by atoms with Crippen LogP contribution in [0.25, 0.3) is 0 Å². The molecule has 6 heteroatoms. The molecular weight excluding hydrogens is 270 g/mol. The Bertz CT molecular complexity index is 797. The molecule has 1 amide bonds. The normalized spacial score (nSPS) is 14.9. The molecule has 0 saturated carbocycles. The molecule has 6 nitrogen and oxygen atoms in total. The van der Waals surface area contributed by atoms with Crippen LogP contribution in [-0.4, -0.2) is 16.7 Å². The molecule has 0 spiro atoms. The molecule has 0 aliphatic carbocycles. The Morgan fingerprint density at radius 3 is 2.67 bits per heavy atom. The maximum atomic E-state index is 11.9. The lowest BCUT2D eigenvalue weighted by molar-refractivity contribution is -0.384. The first-order chi connectivity index (χ1) is 10.0. The fourth-order valence-electron chi connectivity index (χ4n) is 2.20. The van der Waals surface area contributed by atoms with Crippen molar-refractivity contribution in [2.24, 2.45) is 4.99 Å². The van der Waals surface area contributed by atoms with Crippen molar-refractivity contribution in [2.45, 2.75) is 6.92 Å². The number of non-ortho nitro benzene ring substituents is 1. The minimum Gasteiger partial charge on any atom is -0.306 e. The zero-order valence-corrected chi connectivity index (χ0v) is 11.2. The number of amidine groups is 1. The highest BCUT2D eigenvalue weighted by atomic mass is 16.6. The molecule has 21 heavy (non-hydrogen) atoms. The molecule has 1 aliphatic heterocycles. The van der Waals surface area contributed by atoms with Crippen LogP contribution in [0.3, 0.4) is 0 Å². The van der Waals surface area contributed by atoms with Gasteiger partial charge in [-0.1, -0.05) is 12.1 Å². The van der Waals surface area contributed by atoms with E-state index in [0.717, 1.165) is 11.3 Å². The molecule has 0 radical (unpaired) electrons. The lowest BCUT2D eigenvalue weighted by atomic mass is 10.1. The van der Waals surface area contributed by atoms with Crippen molar-refractivity contribution < 1.29 is 9.72 Å². The van der Waals surface area contributed by atoms with Crippen molar-refractivity contribution in [3.63, 3.8) is 0 Å². The highest BCUT2D eigenvalue weighted by Gasteiger charge is 2.27. The Balaban J connectivity index is 2.06. The quantitative estimate of drug-likeness (QED) is 0.678. The Labute approximate surface area is 120 Å². The van der Waals surface area contributed by atoms with Crippen LogP contribution in [0.1, 0.15) is 21.5 Å². The molecule has 0 saturated heterocycles. The van der Waals surface area contributed by atoms with Gasteiger partial charge in [-0.25, -0.2) is 4.99 Å². The van der Waals surface area contributed by atoms with Crippen LogP contribution in [0.5, 0.6) is 0 Å². The Hall–Kier alpha value is -3.02. The van der Waals surface area contributed by atoms with Gasteiger partial charge in [0.15, 0.2) is 0 Å². The van der Waals surface area contributed by atoms with Gasteiger partial charge in [-0.2, -0.15) is 0 Å². The number of carbonyl (C=O) groups is 1. The minimum absolute atomic E-state index is 0.110. The van der Waals surface area contributed by atoms with Gasteiger partial charge in [0.2, 0.25) is 0 Å². The zero-order chi connectivity index (χ0) is 15.0. The summed E-state index contributed by atoms with van der Waals surface area (Å²) in [5.74, 6) is 0.0376. The minimum atomic E-state index is -0.525. The van der Waals surface area contributed by atoms with Crippen LogP contribution in [0.2, 0.25) is 0 Å². The second-order valence-electron chi connectivity index (χ2n) is 4.74. The van der Waals surface area contributed by atoms with Gasteiger partial charge in [-0.3, -0.25) is 14.9 Å². The lowest BCUT2D eigenvalue weighted by Crippen LogP contribution is -2.21. The Morgan fingerprint density at radius 2 is 1.95 bits per heavy atom. The molecule has 1 aliphatic rings. The average Bonchev–Trinajstić information content (AvgIpc) is 2.75. The van der Waals surface area contributed by atoms with Gasteiger partial charge in [0.25, 0.3) is 11.6 Å². The number of hydrogen-bond donors (Lipinski definition) is 1. The monoisotopic (exact) mass is 281 g/mol. The van der Waals surface area contributed by atoms with E-state index in [4.69, 9.17) is 0 Å². The molecule has 0 bridgehead atoms. The molecule has 104 valence electrons. The number of nitro benzene ring substituents is 1. The summed E-state index contributed by atoms with van der Waals surface area (Å²) in [5.41, 5.74) is 2.52. The zero-order valence-electron chi connectivity index (χ0n) is 11.2. The first-order valence-corrected chi connectivity index (χ1v) is 6.30. The van der Waals surface area contributed by atoms with E-state index in [1.807, 2.05) is 31.2 Å². The van der Waals surface area contributed by atoms with Crippen LogP contribution in [0.15, 0.2) is 47.5 Å². The van der Waals surface area contributed by atoms with Gasteiger partial charge >= 0.3 is 0 Å². The number of nitro groups is 1. The predicted octanol–water partition coefficient (Wildman–Crippen LogP) is 2.72. The maximum Gasteiger partial charge on any atom is 0.270 e. The van der Waals surface area contributed by atoms with Crippen molar-refractivity contribution in [3.8, 4) is 0 Å². The van der Waals surface area contributed by atoms with E-state index in [1.165, 1.54) is 12.1 Å². The van der Waals surface area contributed by atoms with Gasteiger partial charge < -0.3 is 5.32 Å². The third kappa shape index (κ3) is 2.38. The number of nitrogens with one attached hydrogen (secondary N) is 1. The summed E-state index contributed by atoms with van der Waals surface area (Å²) in [5, 5.41) is 13.4. The number of rotatable bonds is 2. The van der Waals surface area contributed by atoms with Crippen LogP contribution >= 0.6 is 0 Å². The number of aryl methyl sites for hydroxylation is 1. The first-order valence-electron chi connectivity index (χ1n) is 6.30. The smallest absolute Gasteiger partial charge is 0.270 e. The highest BCUT2D eigenvalue weighted by Crippen LogP contribution is 2.24. The number of benzene rings is 2. The number of aliphatic imine (C=N–C) groups is 1. The number of amides is 1. The van der Waals surface area contributed by atoms with Crippen molar-refractivity contribution >= 4 is 23.1 Å². The van der Waals surface area contributed by atoms with E-state index in [1.54, 1.807) is 6.07 Å². The predicted molar refractivity (Wildman–Crippen MR) is 77.9 cm³/mol. The third-order valence-electron chi connectivity index (χ3n) is 3.19. The van der Waals surface area contributed by atoms with Gasteiger partial charge in [0.05, 0.1) is 16.2 Å². The standard InChI is InChI=1S/C15H11N3O3/c1-9-3-2-4-10(7-9)16-14-12-6-5-11(18(20)21)8-13(12)15(19)17-14/h2-8H,1H3,(H,16,17,19). The van der Waals surface area contributed by atoms with Crippen LogP contribution < -0.4 is 5.32 Å². The van der Waals surface area contributed by atoms with E-state index in [9.17, 15) is 14.9 Å². The van der Waals surface area contributed by atoms with E-state index >= 15 is 0 Å². The number of fused-ring (bicyclic) bond motifs is 1. The summed E-state index contributed by atoms with van der Waals surface area (Å²) in [6.07, 6.45) is 0. The topological polar surface area (TPSA) is 84.6 Å². The Kier molecular flexibility index (Phi) is 2.98. The van der Waals surface area contributed by atoms with E-state index in [0.29, 0.717) is 11.4 Å². The molecule has 2 aromatic rings. The second-order valence-corrected chi connectivity index (χ2v) is 4.74. The summed E-state index contributed by atoms with van der Waals surface area (Å²) in [4.78, 5) is 26.5. The van der Waals surface area contributed by atoms with Crippen LogP contribution in [-0.2, 0) is 0 Å².